The van der Waals surface area contributed by atoms with Crippen LogP contribution in [-0.4, -0.2) is 18.1 Å². The Morgan fingerprint density at radius 3 is 2.71 bits per heavy atom. The summed E-state index contributed by atoms with van der Waals surface area (Å²) in [5.74, 6) is -1.81. The second-order valence-electron chi connectivity index (χ2n) is 3.14. The Hall–Kier alpha value is -1.11. The van der Waals surface area contributed by atoms with Crippen molar-refractivity contribution in [2.24, 2.45) is 0 Å². The van der Waals surface area contributed by atoms with Crippen LogP contribution in [0.5, 0.6) is 0 Å². The van der Waals surface area contributed by atoms with Gasteiger partial charge < -0.3 is 4.74 Å². The molecule has 0 aliphatic heterocycles. The molecule has 0 fully saturated rings. The Labute approximate surface area is 104 Å². The minimum atomic E-state index is -3.02. The number of methoxy groups -OCH3 is 1. The van der Waals surface area contributed by atoms with Gasteiger partial charge in [0.1, 0.15) is 5.82 Å². The highest BCUT2D eigenvalue weighted by molar-refractivity contribution is 9.08. The lowest BCUT2D eigenvalue weighted by Crippen LogP contribution is -2.12. The fourth-order valence-corrected chi connectivity index (χ4v) is 1.56. The molecule has 94 valence electrons. The Morgan fingerprint density at radius 1 is 1.59 bits per heavy atom. The second kappa shape index (κ2) is 6.00. The highest BCUT2D eigenvalue weighted by Gasteiger charge is 2.22. The molecule has 0 N–H and O–H groups in total. The van der Waals surface area contributed by atoms with Gasteiger partial charge in [0, 0.05) is 5.33 Å². The van der Waals surface area contributed by atoms with Crippen LogP contribution in [0, 0.1) is 5.82 Å². The molecule has 3 nitrogen and oxygen atoms in total. The maximum Gasteiger partial charge on any atom is 0.311 e. The number of hydrogen-bond donors (Lipinski definition) is 0. The molecule has 0 aromatic carbocycles. The van der Waals surface area contributed by atoms with Gasteiger partial charge in [-0.1, -0.05) is 15.9 Å². The molecule has 7 heteroatoms. The summed E-state index contributed by atoms with van der Waals surface area (Å²) in [6.07, 6.45) is -3.50. The summed E-state index contributed by atoms with van der Waals surface area (Å²) in [5.41, 5.74) is -0.896. The summed E-state index contributed by atoms with van der Waals surface area (Å²) >= 11 is 3.04. The number of halogens is 4. The van der Waals surface area contributed by atoms with E-state index in [1.165, 1.54) is 0 Å². The first-order chi connectivity index (χ1) is 7.99. The molecule has 0 radical (unpaired) electrons. The van der Waals surface area contributed by atoms with Crippen LogP contribution in [0.4, 0.5) is 13.2 Å². The third-order valence-corrected chi connectivity index (χ3v) is 2.61. The number of ether oxygens (including phenoxy) is 1. The molecular weight excluding hydrogens is 303 g/mol. The summed E-state index contributed by atoms with van der Waals surface area (Å²) in [5, 5.41) is 0.210. The fourth-order valence-electron chi connectivity index (χ4n) is 1.27. The molecule has 0 aliphatic carbocycles. The third-order valence-electron chi connectivity index (χ3n) is 2.03. The molecule has 0 aliphatic rings. The fraction of sp³-hybridized carbons (Fsp3) is 0.400. The molecule has 0 saturated carbocycles. The maximum atomic E-state index is 13.4. The average molecular weight is 312 g/mol. The molecule has 17 heavy (non-hydrogen) atoms. The van der Waals surface area contributed by atoms with Gasteiger partial charge in [0.05, 0.1) is 30.5 Å². The first-order valence-corrected chi connectivity index (χ1v) is 5.70. The maximum absolute atomic E-state index is 13.4. The summed E-state index contributed by atoms with van der Waals surface area (Å²) in [4.78, 5) is 14.8. The predicted octanol–water partition coefficient (Wildman–Crippen LogP) is 2.77. The molecule has 1 aromatic heterocycles. The van der Waals surface area contributed by atoms with Gasteiger partial charge in [-0.25, -0.2) is 13.2 Å². The Kier molecular flexibility index (Phi) is 4.92. The van der Waals surface area contributed by atoms with Crippen molar-refractivity contribution in [3.8, 4) is 0 Å². The number of carbonyl (C=O) groups is 1. The molecule has 0 unspecified atom stereocenters. The Balaban J connectivity index is 3.22. The standard InChI is InChI=1S/C10H9BrF3NO2/c1-17-8(16)3-7-9(10(13)14)6(12)2-5(4-11)15-7/h2,10H,3-4H2,1H3. The van der Waals surface area contributed by atoms with E-state index in [0.29, 0.717) is 0 Å². The van der Waals surface area contributed by atoms with Gasteiger partial charge in [0.2, 0.25) is 0 Å². The van der Waals surface area contributed by atoms with E-state index in [2.05, 4.69) is 25.7 Å². The molecule has 0 saturated heterocycles. The van der Waals surface area contributed by atoms with E-state index >= 15 is 0 Å². The van der Waals surface area contributed by atoms with Crippen LogP contribution in [0.3, 0.4) is 0 Å². The first-order valence-electron chi connectivity index (χ1n) is 4.58. The molecule has 1 heterocycles. The lowest BCUT2D eigenvalue weighted by atomic mass is 10.1. The monoisotopic (exact) mass is 311 g/mol. The van der Waals surface area contributed by atoms with E-state index in [4.69, 9.17) is 0 Å². The highest BCUT2D eigenvalue weighted by Crippen LogP contribution is 2.26. The molecule has 0 bridgehead atoms. The quantitative estimate of drug-likeness (QED) is 0.634. The molecule has 1 rings (SSSR count). The smallest absolute Gasteiger partial charge is 0.311 e. The van der Waals surface area contributed by atoms with Crippen molar-refractivity contribution < 1.29 is 22.7 Å². The number of rotatable bonds is 4. The lowest BCUT2D eigenvalue weighted by Gasteiger charge is -2.10. The van der Waals surface area contributed by atoms with Crippen molar-refractivity contribution in [1.82, 2.24) is 4.98 Å². The Morgan fingerprint density at radius 2 is 2.24 bits per heavy atom. The zero-order chi connectivity index (χ0) is 13.0. The van der Waals surface area contributed by atoms with Crippen molar-refractivity contribution in [3.63, 3.8) is 0 Å². The Bertz CT molecular complexity index is 426. The lowest BCUT2D eigenvalue weighted by molar-refractivity contribution is -0.139. The van der Waals surface area contributed by atoms with Gasteiger partial charge in [-0.2, -0.15) is 0 Å². The predicted molar refractivity (Wildman–Crippen MR) is 57.5 cm³/mol. The second-order valence-corrected chi connectivity index (χ2v) is 3.70. The number of carbonyl (C=O) groups excluding carboxylic acids is 1. The van der Waals surface area contributed by atoms with Crippen molar-refractivity contribution in [1.29, 1.82) is 0 Å². The summed E-state index contributed by atoms with van der Waals surface area (Å²) in [7, 11) is 1.12. The molecule has 1 aromatic rings. The SMILES string of the molecule is COC(=O)Cc1nc(CBr)cc(F)c1C(F)F. The summed E-state index contributed by atoms with van der Waals surface area (Å²) in [6.45, 7) is 0. The zero-order valence-electron chi connectivity index (χ0n) is 8.84. The minimum absolute atomic E-state index is 0.210. The van der Waals surface area contributed by atoms with Crippen molar-refractivity contribution in [2.45, 2.75) is 18.2 Å². The zero-order valence-corrected chi connectivity index (χ0v) is 10.4. The van der Waals surface area contributed by atoms with E-state index < -0.39 is 30.2 Å². The van der Waals surface area contributed by atoms with E-state index in [9.17, 15) is 18.0 Å². The number of hydrogen-bond acceptors (Lipinski definition) is 3. The first kappa shape index (κ1) is 14.0. The van der Waals surface area contributed by atoms with Crippen LogP contribution in [0.25, 0.3) is 0 Å². The number of nitrogens with zero attached hydrogens (tertiary/aromatic N) is 1. The topological polar surface area (TPSA) is 39.2 Å². The van der Waals surface area contributed by atoms with Gasteiger partial charge in [-0.05, 0) is 6.07 Å². The number of esters is 1. The van der Waals surface area contributed by atoms with E-state index in [-0.39, 0.29) is 16.7 Å². The van der Waals surface area contributed by atoms with Crippen LogP contribution in [0.1, 0.15) is 23.4 Å². The summed E-state index contributed by atoms with van der Waals surface area (Å²) < 4.78 is 43.0. The molecule has 0 amide bonds. The van der Waals surface area contributed by atoms with Crippen LogP contribution in [0.2, 0.25) is 0 Å². The number of alkyl halides is 3. The van der Waals surface area contributed by atoms with Gasteiger partial charge >= 0.3 is 5.97 Å². The highest BCUT2D eigenvalue weighted by atomic mass is 79.9. The third kappa shape index (κ3) is 3.42. The normalized spacial score (nSPS) is 10.7. The molecular formula is C10H9BrF3NO2. The number of aromatic nitrogens is 1. The average Bonchev–Trinajstić information content (AvgIpc) is 2.27. The van der Waals surface area contributed by atoms with Crippen LogP contribution in [-0.2, 0) is 21.3 Å². The van der Waals surface area contributed by atoms with E-state index in [1.807, 2.05) is 0 Å². The van der Waals surface area contributed by atoms with E-state index in [1.54, 1.807) is 0 Å². The van der Waals surface area contributed by atoms with Crippen LogP contribution >= 0.6 is 15.9 Å². The largest absolute Gasteiger partial charge is 0.469 e. The van der Waals surface area contributed by atoms with Crippen LogP contribution in [0.15, 0.2) is 6.07 Å². The van der Waals surface area contributed by atoms with Gasteiger partial charge in [-0.15, -0.1) is 0 Å². The van der Waals surface area contributed by atoms with Crippen molar-refractivity contribution in [2.75, 3.05) is 7.11 Å². The van der Waals surface area contributed by atoms with Gasteiger partial charge in [0.25, 0.3) is 6.43 Å². The van der Waals surface area contributed by atoms with Crippen molar-refractivity contribution in [3.05, 3.63) is 28.8 Å². The van der Waals surface area contributed by atoms with E-state index in [0.717, 1.165) is 13.2 Å². The minimum Gasteiger partial charge on any atom is -0.469 e. The van der Waals surface area contributed by atoms with Crippen LogP contribution < -0.4 is 0 Å². The summed E-state index contributed by atoms with van der Waals surface area (Å²) in [6, 6.07) is 0.914. The molecule has 0 atom stereocenters. The van der Waals surface area contributed by atoms with Gasteiger partial charge in [-0.3, -0.25) is 9.78 Å². The molecule has 0 spiro atoms. The van der Waals surface area contributed by atoms with Crippen molar-refractivity contribution >= 4 is 21.9 Å². The number of pyridine rings is 1. The van der Waals surface area contributed by atoms with Gasteiger partial charge in [0.15, 0.2) is 0 Å².